The molecule has 1 amide bonds. The monoisotopic (exact) mass is 347 g/mol. The Kier molecular flexibility index (Phi) is 3.99. The Bertz CT molecular complexity index is 697. The fourth-order valence-electron chi connectivity index (χ4n) is 3.88. The van der Waals surface area contributed by atoms with Crippen molar-refractivity contribution in [3.63, 3.8) is 0 Å². The third kappa shape index (κ3) is 3.20. The van der Waals surface area contributed by atoms with Crippen molar-refractivity contribution in [3.8, 4) is 0 Å². The number of hydrogen-bond acceptors (Lipinski definition) is 5. The van der Waals surface area contributed by atoms with Crippen molar-refractivity contribution < 1.29 is 4.79 Å². The molecule has 2 aromatic rings. The first kappa shape index (κ1) is 15.3. The van der Waals surface area contributed by atoms with Gasteiger partial charge in [0.15, 0.2) is 0 Å². The Labute approximate surface area is 144 Å². The minimum atomic E-state index is 0.165. The van der Waals surface area contributed by atoms with Gasteiger partial charge < -0.3 is 4.90 Å². The summed E-state index contributed by atoms with van der Waals surface area (Å²) < 4.78 is 0. The number of rotatable bonds is 4. The predicted octanol–water partition coefficient (Wildman–Crippen LogP) is 3.14. The number of hydrogen-bond donors (Lipinski definition) is 0. The number of aryl methyl sites for hydroxylation is 1. The molecule has 0 aromatic carbocycles. The number of nitrogens with zero attached hydrogens (tertiary/aromatic N) is 3. The lowest BCUT2D eigenvalue weighted by Crippen LogP contribution is -2.31. The van der Waals surface area contributed by atoms with E-state index in [1.807, 2.05) is 11.8 Å². The van der Waals surface area contributed by atoms with Crippen molar-refractivity contribution in [1.29, 1.82) is 0 Å². The summed E-state index contributed by atoms with van der Waals surface area (Å²) in [6, 6.07) is 2.20. The van der Waals surface area contributed by atoms with Crippen LogP contribution in [0, 0.1) is 12.3 Å². The number of likely N-dealkylation sites (tertiary alicyclic amines) is 2. The zero-order chi connectivity index (χ0) is 15.9. The maximum Gasteiger partial charge on any atom is 0.223 e. The molecule has 0 bridgehead atoms. The van der Waals surface area contributed by atoms with E-state index in [1.165, 1.54) is 5.56 Å². The highest BCUT2D eigenvalue weighted by Crippen LogP contribution is 2.41. The van der Waals surface area contributed by atoms with Gasteiger partial charge in [-0.2, -0.15) is 11.3 Å². The van der Waals surface area contributed by atoms with Crippen LogP contribution in [0.15, 0.2) is 22.2 Å². The van der Waals surface area contributed by atoms with Crippen LogP contribution in [-0.2, 0) is 17.9 Å². The summed E-state index contributed by atoms with van der Waals surface area (Å²) in [5, 5.41) is 7.51. The minimum Gasteiger partial charge on any atom is -0.336 e. The van der Waals surface area contributed by atoms with Crippen LogP contribution in [0.4, 0.5) is 0 Å². The Balaban J connectivity index is 1.39. The molecule has 1 spiro atoms. The summed E-state index contributed by atoms with van der Waals surface area (Å²) in [5.41, 5.74) is 2.59. The molecule has 0 saturated carbocycles. The first-order valence-corrected chi connectivity index (χ1v) is 9.86. The Morgan fingerprint density at radius 3 is 2.96 bits per heavy atom. The van der Waals surface area contributed by atoms with Crippen LogP contribution in [0.1, 0.15) is 29.1 Å². The molecule has 4 rings (SSSR count). The Hall–Kier alpha value is -1.24. The maximum absolute atomic E-state index is 12.5. The molecule has 2 fully saturated rings. The van der Waals surface area contributed by atoms with Crippen LogP contribution >= 0.6 is 22.7 Å². The van der Waals surface area contributed by atoms with Crippen molar-refractivity contribution >= 4 is 28.6 Å². The lowest BCUT2D eigenvalue weighted by molar-refractivity contribution is -0.128. The third-order valence-electron chi connectivity index (χ3n) is 4.93. The van der Waals surface area contributed by atoms with Crippen LogP contribution in [-0.4, -0.2) is 40.3 Å². The van der Waals surface area contributed by atoms with Crippen molar-refractivity contribution in [2.24, 2.45) is 5.41 Å². The van der Waals surface area contributed by atoms with E-state index in [0.29, 0.717) is 18.9 Å². The molecular formula is C17H21N3OS2. The molecule has 122 valence electrons. The molecule has 6 heteroatoms. The Morgan fingerprint density at radius 1 is 1.30 bits per heavy atom. The summed E-state index contributed by atoms with van der Waals surface area (Å²) in [6.07, 6.45) is 1.84. The van der Waals surface area contributed by atoms with Crippen LogP contribution in [0.2, 0.25) is 0 Å². The second-order valence-corrected chi connectivity index (χ2v) is 8.72. The highest BCUT2D eigenvalue weighted by atomic mass is 32.1. The van der Waals surface area contributed by atoms with Crippen LogP contribution in [0.5, 0.6) is 0 Å². The van der Waals surface area contributed by atoms with Gasteiger partial charge in [0.1, 0.15) is 0 Å². The zero-order valence-corrected chi connectivity index (χ0v) is 15.0. The van der Waals surface area contributed by atoms with Gasteiger partial charge in [0, 0.05) is 36.9 Å². The van der Waals surface area contributed by atoms with Crippen LogP contribution < -0.4 is 0 Å². The average Bonchev–Trinajstić information content (AvgIpc) is 3.26. The smallest absolute Gasteiger partial charge is 0.223 e. The summed E-state index contributed by atoms with van der Waals surface area (Å²) in [6.45, 7) is 6.75. The highest BCUT2D eigenvalue weighted by Gasteiger charge is 2.47. The summed E-state index contributed by atoms with van der Waals surface area (Å²) in [7, 11) is 0. The molecule has 4 nitrogen and oxygen atoms in total. The first-order valence-electron chi connectivity index (χ1n) is 8.04. The maximum atomic E-state index is 12.5. The van der Waals surface area contributed by atoms with Crippen LogP contribution in [0.25, 0.3) is 0 Å². The van der Waals surface area contributed by atoms with Gasteiger partial charge in [-0.15, -0.1) is 11.3 Å². The molecule has 2 aliphatic rings. The van der Waals surface area contributed by atoms with E-state index in [1.54, 1.807) is 22.7 Å². The van der Waals surface area contributed by atoms with E-state index >= 15 is 0 Å². The zero-order valence-electron chi connectivity index (χ0n) is 13.3. The highest BCUT2D eigenvalue weighted by molar-refractivity contribution is 7.09. The predicted molar refractivity (Wildman–Crippen MR) is 93.5 cm³/mol. The first-order chi connectivity index (χ1) is 11.1. The molecule has 2 aliphatic heterocycles. The fourth-order valence-corrected chi connectivity index (χ4v) is 5.14. The van der Waals surface area contributed by atoms with Gasteiger partial charge in [-0.3, -0.25) is 9.69 Å². The van der Waals surface area contributed by atoms with E-state index in [9.17, 15) is 4.79 Å². The lowest BCUT2D eigenvalue weighted by atomic mass is 9.86. The molecule has 2 saturated heterocycles. The second-order valence-electron chi connectivity index (χ2n) is 6.88. The lowest BCUT2D eigenvalue weighted by Gasteiger charge is -2.24. The quantitative estimate of drug-likeness (QED) is 0.852. The average molecular weight is 348 g/mol. The van der Waals surface area contributed by atoms with Crippen molar-refractivity contribution in [2.75, 3.05) is 19.6 Å². The number of carbonyl (C=O) groups excluding carboxylic acids is 1. The minimum absolute atomic E-state index is 0.165. The molecular weight excluding hydrogens is 326 g/mol. The summed E-state index contributed by atoms with van der Waals surface area (Å²) >= 11 is 3.41. The van der Waals surface area contributed by atoms with Gasteiger partial charge >= 0.3 is 0 Å². The van der Waals surface area contributed by atoms with Crippen molar-refractivity contribution in [2.45, 2.75) is 32.9 Å². The molecule has 2 aromatic heterocycles. The van der Waals surface area contributed by atoms with E-state index in [-0.39, 0.29) is 5.41 Å². The SMILES string of the molecule is Cc1nc(CN2C[C@@]3(CCN(Cc4ccsc4)C3)CC2=O)cs1. The Morgan fingerprint density at radius 2 is 2.22 bits per heavy atom. The number of carbonyl (C=O) groups is 1. The molecule has 0 N–H and O–H groups in total. The van der Waals surface area contributed by atoms with Gasteiger partial charge in [0.25, 0.3) is 0 Å². The van der Waals surface area contributed by atoms with Crippen molar-refractivity contribution in [1.82, 2.24) is 14.8 Å². The topological polar surface area (TPSA) is 36.4 Å². The van der Waals surface area contributed by atoms with E-state index in [0.717, 1.165) is 43.3 Å². The second kappa shape index (κ2) is 6.00. The number of amides is 1. The normalized spacial score (nSPS) is 25.1. The fraction of sp³-hybridized carbons (Fsp3) is 0.529. The molecule has 0 aliphatic carbocycles. The standard InChI is InChI=1S/C17H21N3OS2/c1-13-18-15(10-23-13)8-20-12-17(6-16(20)21)3-4-19(11-17)7-14-2-5-22-9-14/h2,5,9-10H,3-4,6-8,11-12H2,1H3/t17-/m0/s1. The summed E-state index contributed by atoms with van der Waals surface area (Å²) in [5.74, 6) is 0.299. The van der Waals surface area contributed by atoms with Crippen LogP contribution in [0.3, 0.4) is 0 Å². The van der Waals surface area contributed by atoms with Gasteiger partial charge in [-0.1, -0.05) is 0 Å². The molecule has 0 radical (unpaired) electrons. The third-order valence-corrected chi connectivity index (χ3v) is 6.48. The van der Waals surface area contributed by atoms with E-state index < -0.39 is 0 Å². The number of aromatic nitrogens is 1. The van der Waals surface area contributed by atoms with E-state index in [2.05, 4.69) is 32.1 Å². The number of thiophene rings is 1. The largest absolute Gasteiger partial charge is 0.336 e. The molecule has 1 atom stereocenters. The molecule has 23 heavy (non-hydrogen) atoms. The van der Waals surface area contributed by atoms with Gasteiger partial charge in [0.05, 0.1) is 17.2 Å². The summed E-state index contributed by atoms with van der Waals surface area (Å²) in [4.78, 5) is 21.5. The van der Waals surface area contributed by atoms with Crippen molar-refractivity contribution in [3.05, 3.63) is 38.5 Å². The van der Waals surface area contributed by atoms with Gasteiger partial charge in [-0.05, 0) is 42.3 Å². The molecule has 0 unspecified atom stereocenters. The molecule has 4 heterocycles. The van der Waals surface area contributed by atoms with Gasteiger partial charge in [-0.25, -0.2) is 4.98 Å². The van der Waals surface area contributed by atoms with Gasteiger partial charge in [0.2, 0.25) is 5.91 Å². The van der Waals surface area contributed by atoms with E-state index in [4.69, 9.17) is 0 Å². The number of thiazole rings is 1.